The van der Waals surface area contributed by atoms with Gasteiger partial charge >= 0.3 is 0 Å². The van der Waals surface area contributed by atoms with Crippen LogP contribution in [0.5, 0.6) is 0 Å². The molecule has 10 heavy (non-hydrogen) atoms. The Morgan fingerprint density at radius 2 is 2.20 bits per heavy atom. The summed E-state index contributed by atoms with van der Waals surface area (Å²) in [6.07, 6.45) is 1.53. The van der Waals surface area contributed by atoms with Crippen molar-refractivity contribution in [2.24, 2.45) is 0 Å². The minimum Gasteiger partial charge on any atom is -0.396 e. The van der Waals surface area contributed by atoms with Crippen molar-refractivity contribution in [1.82, 2.24) is 5.32 Å². The Kier molecular flexibility index (Phi) is 6.64. The van der Waals surface area contributed by atoms with Gasteiger partial charge in [0.1, 0.15) is 5.88 Å². The topological polar surface area (TPSA) is 49.3 Å². The highest BCUT2D eigenvalue weighted by Crippen LogP contribution is 1.83. The third-order valence-corrected chi connectivity index (χ3v) is 1.27. The van der Waals surface area contributed by atoms with Crippen LogP contribution in [-0.4, -0.2) is 30.0 Å². The predicted molar refractivity (Wildman–Crippen MR) is 40.0 cm³/mol. The molecule has 0 bridgehead atoms. The van der Waals surface area contributed by atoms with Crippen molar-refractivity contribution in [3.8, 4) is 0 Å². The normalized spacial score (nSPS) is 9.40. The van der Waals surface area contributed by atoms with Crippen LogP contribution in [0.15, 0.2) is 0 Å². The van der Waals surface area contributed by atoms with E-state index < -0.39 is 0 Å². The lowest BCUT2D eigenvalue weighted by atomic mass is 10.3. The third kappa shape index (κ3) is 5.85. The van der Waals surface area contributed by atoms with Gasteiger partial charge in [0.2, 0.25) is 5.91 Å². The van der Waals surface area contributed by atoms with Crippen molar-refractivity contribution in [1.29, 1.82) is 0 Å². The number of amides is 1. The number of nitrogens with one attached hydrogen (secondary N) is 1. The second-order valence-electron chi connectivity index (χ2n) is 1.91. The lowest BCUT2D eigenvalue weighted by molar-refractivity contribution is -0.118. The largest absolute Gasteiger partial charge is 0.396 e. The highest BCUT2D eigenvalue weighted by atomic mass is 35.5. The van der Waals surface area contributed by atoms with Gasteiger partial charge in [0.15, 0.2) is 0 Å². The van der Waals surface area contributed by atoms with Gasteiger partial charge in [-0.2, -0.15) is 0 Å². The van der Waals surface area contributed by atoms with E-state index in [1.165, 1.54) is 0 Å². The quantitative estimate of drug-likeness (QED) is 0.449. The predicted octanol–water partition coefficient (Wildman–Crippen LogP) is 0.114. The fourth-order valence-corrected chi connectivity index (χ4v) is 0.606. The number of aliphatic hydroxyl groups excluding tert-OH is 1. The van der Waals surface area contributed by atoms with Crippen LogP contribution in [0.25, 0.3) is 0 Å². The third-order valence-electron chi connectivity index (χ3n) is 1.03. The molecule has 0 saturated heterocycles. The number of aliphatic hydroxyl groups is 1. The fraction of sp³-hybridized carbons (Fsp3) is 0.833. The summed E-state index contributed by atoms with van der Waals surface area (Å²) in [5.41, 5.74) is 0. The second-order valence-corrected chi connectivity index (χ2v) is 2.18. The second kappa shape index (κ2) is 6.83. The Hall–Kier alpha value is -0.280. The van der Waals surface area contributed by atoms with Gasteiger partial charge in [0.05, 0.1) is 0 Å². The molecule has 0 saturated carbocycles. The average molecular weight is 166 g/mol. The van der Waals surface area contributed by atoms with Crippen LogP contribution in [0.4, 0.5) is 0 Å². The summed E-state index contributed by atoms with van der Waals surface area (Å²) in [7, 11) is 0. The van der Waals surface area contributed by atoms with Crippen LogP contribution in [0.3, 0.4) is 0 Å². The van der Waals surface area contributed by atoms with Gasteiger partial charge in [0, 0.05) is 13.2 Å². The van der Waals surface area contributed by atoms with Gasteiger partial charge in [-0.25, -0.2) is 0 Å². The molecule has 0 aromatic rings. The number of hydrogen-bond acceptors (Lipinski definition) is 2. The van der Waals surface area contributed by atoms with E-state index in [4.69, 9.17) is 16.7 Å². The first kappa shape index (κ1) is 9.72. The van der Waals surface area contributed by atoms with E-state index in [0.29, 0.717) is 6.54 Å². The van der Waals surface area contributed by atoms with Crippen molar-refractivity contribution in [3.05, 3.63) is 0 Å². The number of unbranched alkanes of at least 4 members (excludes halogenated alkanes) is 1. The first-order chi connectivity index (χ1) is 4.81. The highest BCUT2D eigenvalue weighted by molar-refractivity contribution is 6.27. The number of halogens is 1. The molecular weight excluding hydrogens is 154 g/mol. The van der Waals surface area contributed by atoms with Crippen molar-refractivity contribution in [2.75, 3.05) is 19.0 Å². The summed E-state index contributed by atoms with van der Waals surface area (Å²) in [5, 5.41) is 10.9. The Bertz CT molecular complexity index is 97.7. The van der Waals surface area contributed by atoms with Gasteiger partial charge in [0.25, 0.3) is 0 Å². The number of rotatable bonds is 5. The lowest BCUT2D eigenvalue weighted by Gasteiger charge is -1.99. The van der Waals surface area contributed by atoms with Crippen molar-refractivity contribution in [2.45, 2.75) is 12.8 Å². The molecule has 0 aliphatic heterocycles. The van der Waals surface area contributed by atoms with Crippen LogP contribution < -0.4 is 5.32 Å². The van der Waals surface area contributed by atoms with E-state index in [1.54, 1.807) is 0 Å². The maximum absolute atomic E-state index is 10.5. The zero-order valence-corrected chi connectivity index (χ0v) is 6.52. The number of alkyl halides is 1. The number of carbonyl (C=O) groups is 1. The molecule has 0 heterocycles. The first-order valence-corrected chi connectivity index (χ1v) is 3.78. The standard InChI is InChI=1S/C6H12ClNO2/c7-5-6(10)8-3-1-2-4-9/h9H,1-5H2,(H,8,10). The molecule has 0 radical (unpaired) electrons. The SMILES string of the molecule is O=C(CCl)NCCCCO. The Morgan fingerprint density at radius 3 is 2.70 bits per heavy atom. The smallest absolute Gasteiger partial charge is 0.234 e. The summed E-state index contributed by atoms with van der Waals surface area (Å²) < 4.78 is 0. The van der Waals surface area contributed by atoms with Gasteiger partial charge in [-0.05, 0) is 12.8 Å². The van der Waals surface area contributed by atoms with E-state index in [-0.39, 0.29) is 18.4 Å². The van der Waals surface area contributed by atoms with Gasteiger partial charge in [-0.1, -0.05) is 0 Å². The minimum absolute atomic E-state index is 0.0130. The molecule has 0 spiro atoms. The molecule has 4 heteroatoms. The monoisotopic (exact) mass is 165 g/mol. The molecule has 0 unspecified atom stereocenters. The van der Waals surface area contributed by atoms with Gasteiger partial charge in [-0.3, -0.25) is 4.79 Å². The van der Waals surface area contributed by atoms with E-state index in [1.807, 2.05) is 0 Å². The Morgan fingerprint density at radius 1 is 1.50 bits per heavy atom. The molecule has 1 amide bonds. The zero-order chi connectivity index (χ0) is 7.82. The van der Waals surface area contributed by atoms with E-state index in [9.17, 15) is 4.79 Å². The molecule has 0 aliphatic rings. The summed E-state index contributed by atoms with van der Waals surface area (Å²) in [4.78, 5) is 10.5. The minimum atomic E-state index is -0.153. The lowest BCUT2D eigenvalue weighted by Crippen LogP contribution is -2.25. The van der Waals surface area contributed by atoms with Gasteiger partial charge < -0.3 is 10.4 Å². The van der Waals surface area contributed by atoms with E-state index in [0.717, 1.165) is 12.8 Å². The van der Waals surface area contributed by atoms with Crippen LogP contribution >= 0.6 is 11.6 Å². The molecule has 0 aliphatic carbocycles. The molecule has 0 atom stereocenters. The maximum Gasteiger partial charge on any atom is 0.234 e. The summed E-state index contributed by atoms with van der Waals surface area (Å²) in [6.45, 7) is 0.781. The first-order valence-electron chi connectivity index (χ1n) is 3.24. The molecule has 3 nitrogen and oxygen atoms in total. The number of hydrogen-bond donors (Lipinski definition) is 2. The zero-order valence-electron chi connectivity index (χ0n) is 5.77. The van der Waals surface area contributed by atoms with Crippen molar-refractivity contribution in [3.63, 3.8) is 0 Å². The van der Waals surface area contributed by atoms with Crippen LogP contribution in [-0.2, 0) is 4.79 Å². The van der Waals surface area contributed by atoms with Gasteiger partial charge in [-0.15, -0.1) is 11.6 Å². The van der Waals surface area contributed by atoms with Crippen molar-refractivity contribution >= 4 is 17.5 Å². The van der Waals surface area contributed by atoms with Crippen LogP contribution in [0, 0.1) is 0 Å². The number of carbonyl (C=O) groups excluding carboxylic acids is 1. The van der Waals surface area contributed by atoms with E-state index in [2.05, 4.69) is 5.32 Å². The molecule has 0 fully saturated rings. The maximum atomic E-state index is 10.5. The molecule has 0 rings (SSSR count). The Labute approximate surface area is 65.4 Å². The fourth-order valence-electron chi connectivity index (χ4n) is 0.512. The molecule has 0 aromatic heterocycles. The van der Waals surface area contributed by atoms with Crippen LogP contribution in [0.1, 0.15) is 12.8 Å². The summed E-state index contributed by atoms with van der Waals surface area (Å²) >= 11 is 5.20. The van der Waals surface area contributed by atoms with E-state index >= 15 is 0 Å². The molecule has 0 aromatic carbocycles. The Balaban J connectivity index is 2.96. The molecule has 60 valence electrons. The van der Waals surface area contributed by atoms with Crippen LogP contribution in [0.2, 0.25) is 0 Å². The molecule has 2 N–H and O–H groups in total. The average Bonchev–Trinajstić information content (AvgIpc) is 1.98. The summed E-state index contributed by atoms with van der Waals surface area (Å²) in [6, 6.07) is 0. The molecular formula is C6H12ClNO2. The summed E-state index contributed by atoms with van der Waals surface area (Å²) in [5.74, 6) is -0.140. The van der Waals surface area contributed by atoms with Crippen molar-refractivity contribution < 1.29 is 9.90 Å². The highest BCUT2D eigenvalue weighted by Gasteiger charge is 1.94.